The van der Waals surface area contributed by atoms with E-state index in [4.69, 9.17) is 0 Å². The first-order valence-corrected chi connectivity index (χ1v) is 7.11. The van der Waals surface area contributed by atoms with Gasteiger partial charge in [-0.1, -0.05) is 74.3 Å². The fourth-order valence-electron chi connectivity index (χ4n) is 2.25. The van der Waals surface area contributed by atoms with Crippen LogP contribution in [0.25, 0.3) is 0 Å². The Hall–Kier alpha value is 0.470. The van der Waals surface area contributed by atoms with E-state index in [1.807, 2.05) is 0 Å². The fraction of sp³-hybridized carbons (Fsp3) is 0.846. The number of alkyl halides is 1. The number of halogens is 1. The lowest BCUT2D eigenvalue weighted by Crippen LogP contribution is -2.10. The van der Waals surface area contributed by atoms with Gasteiger partial charge in [0, 0.05) is 3.42 Å². The van der Waals surface area contributed by atoms with Crippen LogP contribution in [0.15, 0.2) is 12.2 Å². The van der Waals surface area contributed by atoms with Crippen molar-refractivity contribution in [3.8, 4) is 0 Å². The van der Waals surface area contributed by atoms with Crippen molar-refractivity contribution in [1.82, 2.24) is 0 Å². The largest absolute Gasteiger partial charge is 0.0870 e. The van der Waals surface area contributed by atoms with E-state index in [0.717, 1.165) is 5.92 Å². The van der Waals surface area contributed by atoms with Crippen LogP contribution in [0.1, 0.15) is 58.8 Å². The molecule has 0 aromatic rings. The minimum absolute atomic E-state index is 0.518. The lowest BCUT2D eigenvalue weighted by atomic mass is 10.00. The van der Waals surface area contributed by atoms with Gasteiger partial charge in [0.05, 0.1) is 0 Å². The maximum absolute atomic E-state index is 2.65. The predicted molar refractivity (Wildman–Crippen MR) is 73.0 cm³/mol. The van der Waals surface area contributed by atoms with Crippen LogP contribution < -0.4 is 0 Å². The van der Waals surface area contributed by atoms with Crippen molar-refractivity contribution in [1.29, 1.82) is 0 Å². The summed E-state index contributed by atoms with van der Waals surface area (Å²) in [6.45, 7) is 4.64. The summed E-state index contributed by atoms with van der Waals surface area (Å²) in [4.78, 5) is 0. The molecule has 0 radical (unpaired) electrons. The van der Waals surface area contributed by atoms with Gasteiger partial charge in [-0.3, -0.25) is 0 Å². The zero-order valence-corrected chi connectivity index (χ0v) is 11.7. The summed E-state index contributed by atoms with van der Waals surface area (Å²) in [6, 6.07) is 0. The number of rotatable bonds is 5. The summed E-state index contributed by atoms with van der Waals surface area (Å²) in [5, 5.41) is 0. The van der Waals surface area contributed by atoms with E-state index in [-0.39, 0.29) is 0 Å². The summed E-state index contributed by atoms with van der Waals surface area (Å²) in [7, 11) is 0. The highest BCUT2D eigenvalue weighted by Crippen LogP contribution is 2.39. The lowest BCUT2D eigenvalue weighted by molar-refractivity contribution is 0.530. The molecule has 0 aromatic carbocycles. The standard InChI is InChI=1S/C13H23I/c1-3-7-12(2)8-6-11-13(14)9-4-5-10-13/h6,11-12H,3-5,7-10H2,1-2H3/b11-6+. The third-order valence-electron chi connectivity index (χ3n) is 3.17. The van der Waals surface area contributed by atoms with Gasteiger partial charge in [-0.2, -0.15) is 0 Å². The third kappa shape index (κ3) is 4.33. The Kier molecular flexibility index (Phi) is 5.50. The van der Waals surface area contributed by atoms with Crippen LogP contribution >= 0.6 is 22.6 Å². The molecule has 1 saturated carbocycles. The van der Waals surface area contributed by atoms with Crippen LogP contribution in [-0.2, 0) is 0 Å². The summed E-state index contributed by atoms with van der Waals surface area (Å²) < 4.78 is 0.518. The molecule has 82 valence electrons. The van der Waals surface area contributed by atoms with E-state index in [9.17, 15) is 0 Å². The second-order valence-electron chi connectivity index (χ2n) is 4.77. The summed E-state index contributed by atoms with van der Waals surface area (Å²) in [5.74, 6) is 0.873. The molecule has 0 amide bonds. The first kappa shape index (κ1) is 12.5. The quantitative estimate of drug-likeness (QED) is 0.376. The molecule has 0 nitrogen and oxygen atoms in total. The first-order valence-electron chi connectivity index (χ1n) is 6.03. The topological polar surface area (TPSA) is 0 Å². The van der Waals surface area contributed by atoms with Crippen molar-refractivity contribution in [2.24, 2.45) is 5.92 Å². The van der Waals surface area contributed by atoms with Crippen molar-refractivity contribution in [2.45, 2.75) is 62.2 Å². The molecule has 0 spiro atoms. The molecule has 14 heavy (non-hydrogen) atoms. The zero-order valence-electron chi connectivity index (χ0n) is 9.56. The van der Waals surface area contributed by atoms with Crippen molar-refractivity contribution >= 4 is 22.6 Å². The van der Waals surface area contributed by atoms with E-state index in [0.29, 0.717) is 3.42 Å². The molecule has 1 rings (SSSR count). The number of allylic oxidation sites excluding steroid dienone is 2. The lowest BCUT2D eigenvalue weighted by Gasteiger charge is -2.16. The van der Waals surface area contributed by atoms with E-state index >= 15 is 0 Å². The number of hydrogen-bond donors (Lipinski definition) is 0. The molecule has 1 aliphatic carbocycles. The van der Waals surface area contributed by atoms with Gasteiger partial charge in [0.2, 0.25) is 0 Å². The average Bonchev–Trinajstić information content (AvgIpc) is 2.53. The van der Waals surface area contributed by atoms with Crippen LogP contribution in [0.5, 0.6) is 0 Å². The van der Waals surface area contributed by atoms with Crippen molar-refractivity contribution in [2.75, 3.05) is 0 Å². The van der Waals surface area contributed by atoms with Crippen molar-refractivity contribution < 1.29 is 0 Å². The fourth-order valence-corrected chi connectivity index (χ4v) is 3.27. The highest BCUT2D eigenvalue weighted by molar-refractivity contribution is 14.1. The molecule has 0 bridgehead atoms. The van der Waals surface area contributed by atoms with E-state index in [1.54, 1.807) is 0 Å². The monoisotopic (exact) mass is 306 g/mol. The van der Waals surface area contributed by atoms with Crippen LogP contribution in [0.4, 0.5) is 0 Å². The van der Waals surface area contributed by atoms with Crippen LogP contribution in [0.2, 0.25) is 0 Å². The Morgan fingerprint density at radius 3 is 2.57 bits per heavy atom. The van der Waals surface area contributed by atoms with Gasteiger partial charge in [-0.05, 0) is 25.2 Å². The molecule has 1 unspecified atom stereocenters. The summed E-state index contributed by atoms with van der Waals surface area (Å²) >= 11 is 2.65. The molecular weight excluding hydrogens is 283 g/mol. The minimum Gasteiger partial charge on any atom is -0.0870 e. The van der Waals surface area contributed by atoms with Gasteiger partial charge < -0.3 is 0 Å². The second-order valence-corrected chi connectivity index (χ2v) is 6.92. The SMILES string of the molecule is CCCC(C)C/C=C/C1(I)CCCC1. The molecule has 0 N–H and O–H groups in total. The van der Waals surface area contributed by atoms with Gasteiger partial charge in [0.1, 0.15) is 0 Å². The zero-order chi connectivity index (χ0) is 10.4. The molecule has 0 heterocycles. The molecule has 0 aliphatic heterocycles. The van der Waals surface area contributed by atoms with Crippen molar-refractivity contribution in [3.05, 3.63) is 12.2 Å². The van der Waals surface area contributed by atoms with E-state index in [2.05, 4.69) is 48.6 Å². The van der Waals surface area contributed by atoms with Crippen LogP contribution in [-0.4, -0.2) is 3.42 Å². The molecule has 1 aliphatic rings. The second kappa shape index (κ2) is 6.14. The van der Waals surface area contributed by atoms with Gasteiger partial charge in [-0.15, -0.1) is 0 Å². The van der Waals surface area contributed by atoms with Gasteiger partial charge >= 0.3 is 0 Å². The smallest absolute Gasteiger partial charge is 0.0401 e. The first-order chi connectivity index (χ1) is 6.66. The van der Waals surface area contributed by atoms with Gasteiger partial charge in [0.25, 0.3) is 0 Å². The molecule has 1 heteroatoms. The maximum Gasteiger partial charge on any atom is 0.0401 e. The molecule has 0 saturated heterocycles. The molecular formula is C13H23I. The van der Waals surface area contributed by atoms with Gasteiger partial charge in [0.15, 0.2) is 0 Å². The summed E-state index contributed by atoms with van der Waals surface area (Å²) in [5.41, 5.74) is 0. The van der Waals surface area contributed by atoms with Crippen molar-refractivity contribution in [3.63, 3.8) is 0 Å². The third-order valence-corrected chi connectivity index (χ3v) is 4.61. The average molecular weight is 306 g/mol. The normalized spacial score (nSPS) is 23.1. The summed E-state index contributed by atoms with van der Waals surface area (Å²) in [6.07, 6.45) is 14.5. The highest BCUT2D eigenvalue weighted by atomic mass is 127. The highest BCUT2D eigenvalue weighted by Gasteiger charge is 2.27. The Labute approximate surface area is 103 Å². The number of hydrogen-bond acceptors (Lipinski definition) is 0. The molecule has 0 aromatic heterocycles. The molecule has 1 fully saturated rings. The maximum atomic E-state index is 2.65. The Morgan fingerprint density at radius 1 is 1.36 bits per heavy atom. The Bertz CT molecular complexity index is 178. The van der Waals surface area contributed by atoms with Crippen LogP contribution in [0.3, 0.4) is 0 Å². The van der Waals surface area contributed by atoms with E-state index in [1.165, 1.54) is 44.9 Å². The predicted octanol–water partition coefficient (Wildman–Crippen LogP) is 5.12. The van der Waals surface area contributed by atoms with Crippen LogP contribution in [0, 0.1) is 5.92 Å². The van der Waals surface area contributed by atoms with Gasteiger partial charge in [-0.25, -0.2) is 0 Å². The Morgan fingerprint density at radius 2 is 2.00 bits per heavy atom. The minimum atomic E-state index is 0.518. The molecule has 1 atom stereocenters. The Balaban J connectivity index is 2.25. The van der Waals surface area contributed by atoms with E-state index < -0.39 is 0 Å².